The second-order valence-electron chi connectivity index (χ2n) is 17.6. The molecule has 13 heteroatoms. The average molecular weight is 790 g/mol. The normalized spacial score (nSPS) is 23.3. The Morgan fingerprint density at radius 3 is 2.19 bits per heavy atom. The molecular weight excluding hydrogens is 735 g/mol. The van der Waals surface area contributed by atoms with Crippen molar-refractivity contribution in [2.45, 2.75) is 72.3 Å². The maximum atomic E-state index is 13.6. The topological polar surface area (TPSA) is 158 Å². The Kier molecular flexibility index (Phi) is 11.9. The molecule has 3 saturated heterocycles. The summed E-state index contributed by atoms with van der Waals surface area (Å²) in [6, 6.07) is 15.6. The highest BCUT2D eigenvalue weighted by molar-refractivity contribution is 6.02. The molecule has 4 aliphatic rings. The second kappa shape index (κ2) is 16.9. The number of amides is 2. The third-order valence-corrected chi connectivity index (χ3v) is 13.2. The van der Waals surface area contributed by atoms with Crippen LogP contribution in [0.25, 0.3) is 0 Å². The zero-order chi connectivity index (χ0) is 41.2. The SMILES string of the molecule is COc1cc(OC2C(C)(C)C(CC(=O)c3ccc(N4CCC(CN5CCN(c6cnc(C(=O)C[C@H]7CCC(=O)NC7=O)cn6)CC5)CC4)cc3)C2(C)C)ccc1C#N. The maximum absolute atomic E-state index is 13.6. The molecule has 1 aliphatic carbocycles. The van der Waals surface area contributed by atoms with Gasteiger partial charge in [-0.25, -0.2) is 9.97 Å². The lowest BCUT2D eigenvalue weighted by molar-refractivity contribution is -0.196. The summed E-state index contributed by atoms with van der Waals surface area (Å²) in [5.74, 6) is 1.36. The van der Waals surface area contributed by atoms with E-state index < -0.39 is 11.8 Å². The van der Waals surface area contributed by atoms with Crippen molar-refractivity contribution in [3.8, 4) is 17.6 Å². The summed E-state index contributed by atoms with van der Waals surface area (Å²) < 4.78 is 11.9. The van der Waals surface area contributed by atoms with Crippen LogP contribution in [0.15, 0.2) is 54.9 Å². The van der Waals surface area contributed by atoms with Crippen LogP contribution >= 0.6 is 0 Å². The molecule has 0 unspecified atom stereocenters. The average Bonchev–Trinajstić information content (AvgIpc) is 3.23. The number of methoxy groups -OCH3 is 1. The highest BCUT2D eigenvalue weighted by Crippen LogP contribution is 2.62. The lowest BCUT2D eigenvalue weighted by Gasteiger charge is -2.63. The molecule has 4 fully saturated rings. The van der Waals surface area contributed by atoms with Gasteiger partial charge in [-0.05, 0) is 67.5 Å². The van der Waals surface area contributed by atoms with Crippen molar-refractivity contribution < 1.29 is 28.7 Å². The van der Waals surface area contributed by atoms with Gasteiger partial charge in [0.25, 0.3) is 0 Å². The van der Waals surface area contributed by atoms with Crippen LogP contribution in [0.2, 0.25) is 0 Å². The van der Waals surface area contributed by atoms with Gasteiger partial charge in [0.2, 0.25) is 11.8 Å². The standard InChI is InChI=1S/C45H55N7O6/c1-44(2)39(45(3,4)43(44)58-34-12-8-32(25-46)38(23-34)57-5)24-36(53)30-6-10-33(11-7-30)51-16-14-29(15-17-51)28-50-18-20-52(21-19-50)40-27-47-35(26-48-40)37(54)22-31-9-13-41(55)49-42(31)56/h6-8,10-12,23,26-27,29,31,39,43H,9,13-22,24,28H2,1-5H3,(H,49,55,56)/t31-,39?,43?/m1/s1. The van der Waals surface area contributed by atoms with E-state index in [1.54, 1.807) is 31.5 Å². The molecule has 4 heterocycles. The minimum absolute atomic E-state index is 0.0232. The Bertz CT molecular complexity index is 2030. The minimum atomic E-state index is -0.508. The molecule has 2 amide bonds. The highest BCUT2D eigenvalue weighted by Gasteiger charge is 2.63. The van der Waals surface area contributed by atoms with Crippen molar-refractivity contribution >= 4 is 34.9 Å². The molecule has 2 aromatic carbocycles. The first-order valence-electron chi connectivity index (χ1n) is 20.6. The van der Waals surface area contributed by atoms with Gasteiger partial charge in [0.05, 0.1) is 25.1 Å². The minimum Gasteiger partial charge on any atom is -0.495 e. The molecule has 1 saturated carbocycles. The second-order valence-corrected chi connectivity index (χ2v) is 17.6. The van der Waals surface area contributed by atoms with Crippen molar-refractivity contribution in [3.05, 3.63) is 71.7 Å². The third-order valence-electron chi connectivity index (χ3n) is 13.2. The van der Waals surface area contributed by atoms with Gasteiger partial charge >= 0.3 is 0 Å². The molecule has 0 radical (unpaired) electrons. The Morgan fingerprint density at radius 1 is 0.862 bits per heavy atom. The number of piperazine rings is 1. The summed E-state index contributed by atoms with van der Waals surface area (Å²) in [6.07, 6.45) is 6.36. The van der Waals surface area contributed by atoms with Crippen LogP contribution in [0.5, 0.6) is 11.5 Å². The first kappa shape index (κ1) is 40.8. The van der Waals surface area contributed by atoms with E-state index in [0.717, 1.165) is 75.7 Å². The smallest absolute Gasteiger partial charge is 0.230 e. The summed E-state index contributed by atoms with van der Waals surface area (Å²) in [7, 11) is 1.55. The molecule has 306 valence electrons. The fourth-order valence-corrected chi connectivity index (χ4v) is 9.94. The summed E-state index contributed by atoms with van der Waals surface area (Å²) in [4.78, 5) is 65.9. The van der Waals surface area contributed by atoms with Gasteiger partial charge in [-0.3, -0.25) is 29.4 Å². The molecule has 1 atom stereocenters. The number of rotatable bonds is 13. The van der Waals surface area contributed by atoms with E-state index in [4.69, 9.17) is 9.47 Å². The lowest BCUT2D eigenvalue weighted by atomic mass is 9.44. The predicted molar refractivity (Wildman–Crippen MR) is 219 cm³/mol. The summed E-state index contributed by atoms with van der Waals surface area (Å²) in [6.45, 7) is 15.3. The number of ketones is 2. The number of nitriles is 1. The molecule has 3 aliphatic heterocycles. The number of aromatic nitrogens is 2. The van der Waals surface area contributed by atoms with E-state index in [-0.39, 0.29) is 58.9 Å². The number of ether oxygens (including phenoxy) is 2. The van der Waals surface area contributed by atoms with Crippen molar-refractivity contribution in [3.63, 3.8) is 0 Å². The molecule has 7 rings (SSSR count). The number of nitrogens with one attached hydrogen (secondary N) is 1. The van der Waals surface area contributed by atoms with E-state index in [9.17, 15) is 24.4 Å². The molecule has 0 bridgehead atoms. The number of carbonyl (C=O) groups excluding carboxylic acids is 4. The van der Waals surface area contributed by atoms with E-state index in [1.807, 2.05) is 12.1 Å². The first-order valence-corrected chi connectivity index (χ1v) is 20.6. The first-order chi connectivity index (χ1) is 27.8. The largest absolute Gasteiger partial charge is 0.495 e. The predicted octanol–water partition coefficient (Wildman–Crippen LogP) is 5.72. The number of hydrogen-bond donors (Lipinski definition) is 1. The van der Waals surface area contributed by atoms with Crippen molar-refractivity contribution in [1.82, 2.24) is 20.2 Å². The van der Waals surface area contributed by atoms with Gasteiger partial charge < -0.3 is 19.3 Å². The van der Waals surface area contributed by atoms with E-state index in [0.29, 0.717) is 35.8 Å². The number of Topliss-reactive ketones (excluding diaryl/α,β-unsaturated/α-hetero) is 2. The molecule has 1 N–H and O–H groups in total. The summed E-state index contributed by atoms with van der Waals surface area (Å²) in [5, 5.41) is 11.7. The zero-order valence-corrected chi connectivity index (χ0v) is 34.3. The number of nitrogens with zero attached hydrogens (tertiary/aromatic N) is 6. The van der Waals surface area contributed by atoms with E-state index >= 15 is 0 Å². The Hall–Kier alpha value is -5.35. The van der Waals surface area contributed by atoms with Gasteiger partial charge in [-0.15, -0.1) is 0 Å². The van der Waals surface area contributed by atoms with Crippen LogP contribution in [0.3, 0.4) is 0 Å². The van der Waals surface area contributed by atoms with Crippen LogP contribution in [0, 0.1) is 39.9 Å². The number of imide groups is 1. The highest BCUT2D eigenvalue weighted by atomic mass is 16.5. The number of benzene rings is 2. The number of carbonyl (C=O) groups is 4. The Labute approximate surface area is 341 Å². The van der Waals surface area contributed by atoms with Crippen LogP contribution in [0.4, 0.5) is 11.5 Å². The number of anilines is 2. The maximum Gasteiger partial charge on any atom is 0.230 e. The van der Waals surface area contributed by atoms with E-state index in [2.05, 4.69) is 75.9 Å². The zero-order valence-electron chi connectivity index (χ0n) is 34.3. The molecule has 3 aromatic rings. The van der Waals surface area contributed by atoms with Crippen LogP contribution in [-0.2, 0) is 9.59 Å². The van der Waals surface area contributed by atoms with Gasteiger partial charge in [0.15, 0.2) is 11.6 Å². The summed E-state index contributed by atoms with van der Waals surface area (Å²) in [5.41, 5.74) is 2.14. The summed E-state index contributed by atoms with van der Waals surface area (Å²) >= 11 is 0. The van der Waals surface area contributed by atoms with Crippen LogP contribution in [0.1, 0.15) is 92.6 Å². The monoisotopic (exact) mass is 789 g/mol. The van der Waals surface area contributed by atoms with Crippen LogP contribution < -0.4 is 24.6 Å². The quantitative estimate of drug-likeness (QED) is 0.166. The fourth-order valence-electron chi connectivity index (χ4n) is 9.94. The Balaban J connectivity index is 0.835. The van der Waals surface area contributed by atoms with Crippen molar-refractivity contribution in [2.75, 3.05) is 62.7 Å². The van der Waals surface area contributed by atoms with Gasteiger partial charge in [-0.2, -0.15) is 5.26 Å². The molecular formula is C45H55N7O6. The number of piperidine rings is 2. The van der Waals surface area contributed by atoms with Crippen LogP contribution in [-0.4, -0.2) is 97.3 Å². The van der Waals surface area contributed by atoms with Crippen molar-refractivity contribution in [2.24, 2.45) is 28.6 Å². The van der Waals surface area contributed by atoms with Gasteiger partial charge in [0.1, 0.15) is 35.2 Å². The van der Waals surface area contributed by atoms with E-state index in [1.165, 1.54) is 6.20 Å². The van der Waals surface area contributed by atoms with Gasteiger partial charge in [0, 0.05) is 99.1 Å². The fraction of sp³-hybridized carbons (Fsp3) is 0.533. The molecule has 13 nitrogen and oxygen atoms in total. The molecule has 0 spiro atoms. The number of hydrogen-bond acceptors (Lipinski definition) is 12. The molecule has 58 heavy (non-hydrogen) atoms. The Morgan fingerprint density at radius 2 is 1.57 bits per heavy atom. The molecule has 1 aromatic heterocycles. The lowest BCUT2D eigenvalue weighted by Crippen LogP contribution is -2.66. The third kappa shape index (κ3) is 8.58. The van der Waals surface area contributed by atoms with Gasteiger partial charge in [-0.1, -0.05) is 27.7 Å². The van der Waals surface area contributed by atoms with Crippen molar-refractivity contribution in [1.29, 1.82) is 5.26 Å².